The zero-order valence-corrected chi connectivity index (χ0v) is 20.0. The van der Waals surface area contributed by atoms with Crippen LogP contribution in [-0.4, -0.2) is 60.0 Å². The molecule has 6 nitrogen and oxygen atoms in total. The summed E-state index contributed by atoms with van der Waals surface area (Å²) in [4.78, 5) is 24.7. The highest BCUT2D eigenvalue weighted by molar-refractivity contribution is 7.16. The van der Waals surface area contributed by atoms with E-state index in [9.17, 15) is 18.0 Å². The van der Waals surface area contributed by atoms with Crippen LogP contribution in [0.3, 0.4) is 0 Å². The second kappa shape index (κ2) is 10.7. The number of urea groups is 1. The lowest BCUT2D eigenvalue weighted by atomic mass is 10.0. The molecule has 0 aliphatic carbocycles. The van der Waals surface area contributed by atoms with Crippen molar-refractivity contribution >= 4 is 22.5 Å². The van der Waals surface area contributed by atoms with Crippen LogP contribution in [0.15, 0.2) is 42.7 Å². The number of hydrogen-bond acceptors (Lipinski definition) is 5. The predicted octanol–water partition coefficient (Wildman–Crippen LogP) is 4.96. The fourth-order valence-corrected chi connectivity index (χ4v) is 3.50. The van der Waals surface area contributed by atoms with E-state index in [0.717, 1.165) is 30.4 Å². The topological polar surface area (TPSA) is 61.4 Å². The number of hydrogen-bond donors (Lipinski definition) is 1. The van der Waals surface area contributed by atoms with Gasteiger partial charge in [0, 0.05) is 37.5 Å². The Morgan fingerprint density at radius 2 is 1.85 bits per heavy atom. The molecule has 1 N–H and O–H groups in total. The monoisotopic (exact) mass is 487 g/mol. The van der Waals surface area contributed by atoms with Gasteiger partial charge in [-0.2, -0.15) is 13.2 Å². The summed E-state index contributed by atoms with van der Waals surface area (Å²) in [5.74, 6) is 6.06. The van der Waals surface area contributed by atoms with Crippen LogP contribution in [-0.2, 0) is 6.18 Å². The Balaban J connectivity index is 1.75. The molecule has 2 amide bonds. The third kappa shape index (κ3) is 6.79. The molecule has 10 heteroatoms. The number of nitrogens with zero attached hydrogens (tertiary/aromatic N) is 4. The van der Waals surface area contributed by atoms with E-state index in [0.29, 0.717) is 27.7 Å². The second-order valence-electron chi connectivity index (χ2n) is 7.89. The first-order chi connectivity index (χ1) is 16.0. The number of aryl methyl sites for hydroxylation is 1. The molecule has 0 bridgehead atoms. The van der Waals surface area contributed by atoms with E-state index in [2.05, 4.69) is 27.1 Å². The van der Waals surface area contributed by atoms with E-state index in [1.807, 2.05) is 25.9 Å². The zero-order chi connectivity index (χ0) is 24.9. The maximum absolute atomic E-state index is 13.0. The summed E-state index contributed by atoms with van der Waals surface area (Å²) in [6.07, 6.45) is -1.72. The number of alkyl halides is 3. The first kappa shape index (κ1) is 25.2. The molecule has 0 aliphatic rings. The molecule has 0 unspecified atom stereocenters. The Kier molecular flexibility index (Phi) is 7.91. The quantitative estimate of drug-likeness (QED) is 0.517. The number of pyridine rings is 1. The van der Waals surface area contributed by atoms with Crippen molar-refractivity contribution in [2.75, 3.05) is 39.5 Å². The van der Waals surface area contributed by atoms with Gasteiger partial charge in [-0.3, -0.25) is 10.3 Å². The molecule has 3 aromatic rings. The van der Waals surface area contributed by atoms with Crippen LogP contribution in [0.1, 0.15) is 21.6 Å². The summed E-state index contributed by atoms with van der Waals surface area (Å²) in [7, 11) is 5.58. The fourth-order valence-electron chi connectivity index (χ4n) is 2.84. The number of nitrogens with one attached hydrogen (secondary N) is 1. The average Bonchev–Trinajstić information content (AvgIpc) is 3.23. The van der Waals surface area contributed by atoms with Gasteiger partial charge >= 0.3 is 12.2 Å². The van der Waals surface area contributed by atoms with E-state index >= 15 is 0 Å². The molecule has 2 aromatic heterocycles. The maximum atomic E-state index is 13.0. The summed E-state index contributed by atoms with van der Waals surface area (Å²) in [5.41, 5.74) is 1.55. The van der Waals surface area contributed by atoms with Crippen LogP contribution in [0.4, 0.5) is 23.1 Å². The molecule has 0 saturated heterocycles. The van der Waals surface area contributed by atoms with Crippen molar-refractivity contribution in [2.24, 2.45) is 0 Å². The van der Waals surface area contributed by atoms with Gasteiger partial charge in [-0.25, -0.2) is 9.78 Å². The average molecular weight is 488 g/mol. The fraction of sp³-hybridized carbons (Fsp3) is 0.292. The Labute approximate surface area is 200 Å². The lowest BCUT2D eigenvalue weighted by Crippen LogP contribution is -2.36. The summed E-state index contributed by atoms with van der Waals surface area (Å²) >= 11 is 1.24. The largest absolute Gasteiger partial charge is 0.416 e. The minimum absolute atomic E-state index is 0.221. The highest BCUT2D eigenvalue weighted by Crippen LogP contribution is 2.31. The van der Waals surface area contributed by atoms with Crippen LogP contribution in [0, 0.1) is 18.8 Å². The lowest BCUT2D eigenvalue weighted by Gasteiger charge is -2.19. The van der Waals surface area contributed by atoms with Crippen LogP contribution < -0.4 is 5.32 Å². The molecule has 34 heavy (non-hydrogen) atoms. The van der Waals surface area contributed by atoms with Gasteiger partial charge in [-0.15, -0.1) is 0 Å². The molecule has 0 saturated carbocycles. The molecule has 178 valence electrons. The van der Waals surface area contributed by atoms with Crippen molar-refractivity contribution in [2.45, 2.75) is 13.1 Å². The molecule has 1 aromatic carbocycles. The third-order valence-electron chi connectivity index (χ3n) is 4.89. The molecule has 0 spiro atoms. The standard InChI is InChI=1S/C24H24F3N5OS/c1-16-5-6-18(21-14-19(9-10-28-21)24(25,26)27)13-17(16)7-8-20-15-29-22(34-20)30-23(33)32(4)12-11-31(2)3/h5-6,9-10,13-15H,11-12H2,1-4H3,(H,29,30,33). The van der Waals surface area contributed by atoms with Crippen LogP contribution >= 0.6 is 11.3 Å². The number of carbonyl (C=O) groups is 1. The van der Waals surface area contributed by atoms with Crippen molar-refractivity contribution in [1.82, 2.24) is 19.8 Å². The molecule has 0 atom stereocenters. The summed E-state index contributed by atoms with van der Waals surface area (Å²) in [5, 5.41) is 3.19. The number of likely N-dealkylation sites (N-methyl/N-ethyl adjacent to an activating group) is 2. The van der Waals surface area contributed by atoms with Gasteiger partial charge < -0.3 is 9.80 Å². The minimum Gasteiger partial charge on any atom is -0.326 e. The van der Waals surface area contributed by atoms with E-state index in [1.54, 1.807) is 36.3 Å². The number of aromatic nitrogens is 2. The first-order valence-electron chi connectivity index (χ1n) is 10.3. The van der Waals surface area contributed by atoms with Gasteiger partial charge in [0.05, 0.1) is 22.3 Å². The first-order valence-corrected chi connectivity index (χ1v) is 11.1. The van der Waals surface area contributed by atoms with Crippen LogP contribution in [0.2, 0.25) is 0 Å². The zero-order valence-electron chi connectivity index (χ0n) is 19.2. The van der Waals surface area contributed by atoms with Crippen molar-refractivity contribution in [3.05, 3.63) is 64.3 Å². The molecular weight excluding hydrogens is 463 g/mol. The maximum Gasteiger partial charge on any atom is 0.416 e. The van der Waals surface area contributed by atoms with Crippen molar-refractivity contribution < 1.29 is 18.0 Å². The molecule has 0 radical (unpaired) electrons. The number of thiazole rings is 1. The highest BCUT2D eigenvalue weighted by atomic mass is 32.1. The highest BCUT2D eigenvalue weighted by Gasteiger charge is 2.30. The molecule has 0 aliphatic heterocycles. The molecular formula is C24H24F3N5OS. The third-order valence-corrected chi connectivity index (χ3v) is 5.72. The summed E-state index contributed by atoms with van der Waals surface area (Å²) in [6.45, 7) is 3.19. The van der Waals surface area contributed by atoms with Crippen LogP contribution in [0.5, 0.6) is 0 Å². The van der Waals surface area contributed by atoms with E-state index in [1.165, 1.54) is 11.3 Å². The summed E-state index contributed by atoms with van der Waals surface area (Å²) in [6, 6.07) is 6.94. The van der Waals surface area contributed by atoms with Gasteiger partial charge in [0.25, 0.3) is 0 Å². The van der Waals surface area contributed by atoms with E-state index < -0.39 is 11.7 Å². The lowest BCUT2D eigenvalue weighted by molar-refractivity contribution is -0.137. The molecule has 3 rings (SSSR count). The smallest absolute Gasteiger partial charge is 0.326 e. The Morgan fingerprint density at radius 1 is 1.09 bits per heavy atom. The van der Waals surface area contributed by atoms with E-state index in [-0.39, 0.29) is 11.7 Å². The van der Waals surface area contributed by atoms with Crippen molar-refractivity contribution in [3.8, 4) is 23.1 Å². The van der Waals surface area contributed by atoms with Gasteiger partial charge in [0.15, 0.2) is 5.13 Å². The number of carbonyl (C=O) groups excluding carboxylic acids is 1. The van der Waals surface area contributed by atoms with Crippen molar-refractivity contribution in [1.29, 1.82) is 0 Å². The minimum atomic E-state index is -4.44. The number of benzene rings is 1. The van der Waals surface area contributed by atoms with E-state index in [4.69, 9.17) is 0 Å². The van der Waals surface area contributed by atoms with Crippen LogP contribution in [0.25, 0.3) is 11.3 Å². The van der Waals surface area contributed by atoms with Gasteiger partial charge in [0.2, 0.25) is 0 Å². The molecule has 0 fully saturated rings. The van der Waals surface area contributed by atoms with Gasteiger partial charge in [0.1, 0.15) is 0 Å². The van der Waals surface area contributed by atoms with Gasteiger partial charge in [-0.1, -0.05) is 29.4 Å². The molecule has 2 heterocycles. The SMILES string of the molecule is Cc1ccc(-c2cc(C(F)(F)F)ccn2)cc1C#Cc1cnc(NC(=O)N(C)CCN(C)C)s1. The Morgan fingerprint density at radius 3 is 2.56 bits per heavy atom. The Bertz CT molecular complexity index is 1230. The number of amides is 2. The second-order valence-corrected chi connectivity index (χ2v) is 8.92. The Hall–Kier alpha value is -3.42. The van der Waals surface area contributed by atoms with Gasteiger partial charge in [-0.05, 0) is 50.7 Å². The summed E-state index contributed by atoms with van der Waals surface area (Å²) < 4.78 is 39.1. The predicted molar refractivity (Wildman–Crippen MR) is 128 cm³/mol. The number of rotatable bonds is 5. The number of halogens is 3. The number of anilines is 1. The normalized spacial score (nSPS) is 11.2. The van der Waals surface area contributed by atoms with Crippen molar-refractivity contribution in [3.63, 3.8) is 0 Å².